The van der Waals surface area contributed by atoms with E-state index in [1.54, 1.807) is 6.20 Å². The fourth-order valence-electron chi connectivity index (χ4n) is 2.88. The topological polar surface area (TPSA) is 45.2 Å². The van der Waals surface area contributed by atoms with E-state index in [0.29, 0.717) is 11.7 Å². The van der Waals surface area contributed by atoms with Crippen LogP contribution in [-0.2, 0) is 0 Å². The first-order valence-corrected chi connectivity index (χ1v) is 7.77. The maximum Gasteiger partial charge on any atom is 0.272 e. The number of rotatable bonds is 4. The van der Waals surface area contributed by atoms with Gasteiger partial charge in [0.05, 0.1) is 0 Å². The Morgan fingerprint density at radius 2 is 2.25 bits per heavy atom. The highest BCUT2D eigenvalue weighted by Gasteiger charge is 2.25. The molecule has 4 nitrogen and oxygen atoms in total. The number of carbonyl (C=O) groups is 1. The molecule has 20 heavy (non-hydrogen) atoms. The van der Waals surface area contributed by atoms with Gasteiger partial charge in [-0.3, -0.25) is 9.78 Å². The molecule has 0 spiro atoms. The minimum absolute atomic E-state index is 0.0819. The minimum Gasteiger partial charge on any atom is -0.385 e. The molecule has 1 unspecified atom stereocenters. The van der Waals surface area contributed by atoms with Crippen LogP contribution in [0.4, 0.5) is 5.69 Å². The Balaban J connectivity index is 2.17. The number of nitrogens with zero attached hydrogens (tertiary/aromatic N) is 2. The van der Waals surface area contributed by atoms with Crippen LogP contribution < -0.4 is 5.32 Å². The van der Waals surface area contributed by atoms with Crippen LogP contribution in [0.3, 0.4) is 0 Å². The molecule has 4 heteroatoms. The Kier molecular flexibility index (Phi) is 5.39. The number of amides is 1. The summed E-state index contributed by atoms with van der Waals surface area (Å²) in [7, 11) is 0. The van der Waals surface area contributed by atoms with Crippen molar-refractivity contribution in [2.24, 2.45) is 0 Å². The molecule has 2 heterocycles. The summed E-state index contributed by atoms with van der Waals surface area (Å²) in [6.07, 6.45) is 7.42. The third-order valence-electron chi connectivity index (χ3n) is 3.97. The van der Waals surface area contributed by atoms with Gasteiger partial charge in [0.2, 0.25) is 0 Å². The molecule has 0 saturated carbocycles. The summed E-state index contributed by atoms with van der Waals surface area (Å²) in [6.45, 7) is 5.92. The summed E-state index contributed by atoms with van der Waals surface area (Å²) in [5.41, 5.74) is 1.53. The zero-order valence-corrected chi connectivity index (χ0v) is 12.6. The first-order chi connectivity index (χ1) is 9.76. The number of hydrogen-bond donors (Lipinski definition) is 1. The molecular formula is C16H25N3O. The lowest BCUT2D eigenvalue weighted by Gasteiger charge is -2.29. The van der Waals surface area contributed by atoms with E-state index in [1.165, 1.54) is 12.8 Å². The van der Waals surface area contributed by atoms with Crippen molar-refractivity contribution in [1.29, 1.82) is 0 Å². The Bertz CT molecular complexity index is 447. The number of carbonyl (C=O) groups excluding carboxylic acids is 1. The third-order valence-corrected chi connectivity index (χ3v) is 3.97. The molecule has 1 aromatic heterocycles. The largest absolute Gasteiger partial charge is 0.385 e. The van der Waals surface area contributed by atoms with Gasteiger partial charge in [0.1, 0.15) is 5.69 Å². The normalized spacial score (nSPS) is 19.5. The Morgan fingerprint density at radius 3 is 3.00 bits per heavy atom. The van der Waals surface area contributed by atoms with Crippen LogP contribution in [0.25, 0.3) is 0 Å². The summed E-state index contributed by atoms with van der Waals surface area (Å²) < 4.78 is 0. The Morgan fingerprint density at radius 1 is 1.40 bits per heavy atom. The van der Waals surface area contributed by atoms with Gasteiger partial charge in [-0.05, 0) is 38.3 Å². The van der Waals surface area contributed by atoms with E-state index < -0.39 is 0 Å². The lowest BCUT2D eigenvalue weighted by Crippen LogP contribution is -2.40. The summed E-state index contributed by atoms with van der Waals surface area (Å²) in [4.78, 5) is 19.0. The molecule has 1 aromatic rings. The summed E-state index contributed by atoms with van der Waals surface area (Å²) >= 11 is 0. The lowest BCUT2D eigenvalue weighted by atomic mass is 10.1. The van der Waals surface area contributed by atoms with E-state index in [0.717, 1.165) is 38.0 Å². The van der Waals surface area contributed by atoms with Crippen molar-refractivity contribution >= 4 is 11.6 Å². The van der Waals surface area contributed by atoms with Gasteiger partial charge in [-0.1, -0.05) is 19.8 Å². The van der Waals surface area contributed by atoms with Gasteiger partial charge in [-0.15, -0.1) is 0 Å². The smallest absolute Gasteiger partial charge is 0.272 e. The average Bonchev–Trinajstić information content (AvgIpc) is 2.72. The fraction of sp³-hybridized carbons (Fsp3) is 0.625. The van der Waals surface area contributed by atoms with Gasteiger partial charge in [0.25, 0.3) is 5.91 Å². The van der Waals surface area contributed by atoms with Crippen molar-refractivity contribution < 1.29 is 4.79 Å². The van der Waals surface area contributed by atoms with Crippen molar-refractivity contribution in [3.05, 3.63) is 24.0 Å². The van der Waals surface area contributed by atoms with Gasteiger partial charge < -0.3 is 10.2 Å². The standard InChI is InChI=1S/C16H25N3O/c1-3-14-8-6-5-7-11-19(14)16(20)15-12-13(17-4-2)9-10-18-15/h9-10,12,14H,3-8,11H2,1-2H3,(H,17,18). The van der Waals surface area contributed by atoms with Crippen LogP contribution >= 0.6 is 0 Å². The molecule has 1 aliphatic rings. The monoisotopic (exact) mass is 275 g/mol. The van der Waals surface area contributed by atoms with Crippen LogP contribution in [0.5, 0.6) is 0 Å². The van der Waals surface area contributed by atoms with E-state index in [2.05, 4.69) is 17.2 Å². The van der Waals surface area contributed by atoms with E-state index >= 15 is 0 Å². The van der Waals surface area contributed by atoms with Crippen molar-refractivity contribution in [2.45, 2.75) is 52.0 Å². The van der Waals surface area contributed by atoms with Crippen LogP contribution in [0.2, 0.25) is 0 Å². The maximum absolute atomic E-state index is 12.7. The number of nitrogens with one attached hydrogen (secondary N) is 1. The van der Waals surface area contributed by atoms with E-state index in [1.807, 2.05) is 24.0 Å². The number of pyridine rings is 1. The first kappa shape index (κ1) is 14.8. The molecule has 0 aromatic carbocycles. The van der Waals surface area contributed by atoms with Crippen LogP contribution in [-0.4, -0.2) is 34.9 Å². The second kappa shape index (κ2) is 7.27. The highest BCUT2D eigenvalue weighted by atomic mass is 16.2. The predicted molar refractivity (Wildman–Crippen MR) is 82.0 cm³/mol. The highest BCUT2D eigenvalue weighted by molar-refractivity contribution is 5.93. The molecule has 1 amide bonds. The molecule has 1 fully saturated rings. The molecule has 110 valence electrons. The Labute approximate surface area is 121 Å². The van der Waals surface area contributed by atoms with Crippen molar-refractivity contribution in [3.8, 4) is 0 Å². The van der Waals surface area contributed by atoms with Crippen LogP contribution in [0, 0.1) is 0 Å². The summed E-state index contributed by atoms with van der Waals surface area (Å²) in [5, 5.41) is 3.23. The maximum atomic E-state index is 12.7. The number of hydrogen-bond acceptors (Lipinski definition) is 3. The number of aromatic nitrogens is 1. The average molecular weight is 275 g/mol. The molecule has 2 rings (SSSR count). The zero-order chi connectivity index (χ0) is 14.4. The molecule has 1 N–H and O–H groups in total. The molecule has 0 aliphatic carbocycles. The molecular weight excluding hydrogens is 250 g/mol. The third kappa shape index (κ3) is 3.50. The van der Waals surface area contributed by atoms with Crippen LogP contribution in [0.1, 0.15) is 56.4 Å². The van der Waals surface area contributed by atoms with Crippen LogP contribution in [0.15, 0.2) is 18.3 Å². The Hall–Kier alpha value is -1.58. The number of anilines is 1. The fourth-order valence-corrected chi connectivity index (χ4v) is 2.88. The minimum atomic E-state index is 0.0819. The highest BCUT2D eigenvalue weighted by Crippen LogP contribution is 2.21. The molecule has 1 atom stereocenters. The molecule has 0 bridgehead atoms. The predicted octanol–water partition coefficient (Wildman–Crippen LogP) is 3.31. The molecule has 0 radical (unpaired) electrons. The van der Waals surface area contributed by atoms with E-state index in [9.17, 15) is 4.79 Å². The van der Waals surface area contributed by atoms with Gasteiger partial charge in [0.15, 0.2) is 0 Å². The lowest BCUT2D eigenvalue weighted by molar-refractivity contribution is 0.0672. The van der Waals surface area contributed by atoms with E-state index in [-0.39, 0.29) is 5.91 Å². The zero-order valence-electron chi connectivity index (χ0n) is 12.6. The van der Waals surface area contributed by atoms with Gasteiger partial charge >= 0.3 is 0 Å². The van der Waals surface area contributed by atoms with E-state index in [4.69, 9.17) is 0 Å². The first-order valence-electron chi connectivity index (χ1n) is 7.77. The van der Waals surface area contributed by atoms with Crippen molar-refractivity contribution in [1.82, 2.24) is 9.88 Å². The van der Waals surface area contributed by atoms with Gasteiger partial charge in [-0.25, -0.2) is 0 Å². The van der Waals surface area contributed by atoms with Crippen molar-refractivity contribution in [2.75, 3.05) is 18.4 Å². The van der Waals surface area contributed by atoms with Gasteiger partial charge in [0, 0.05) is 31.0 Å². The second-order valence-corrected chi connectivity index (χ2v) is 5.37. The molecule has 1 saturated heterocycles. The SMILES string of the molecule is CCNc1ccnc(C(=O)N2CCCCCC2CC)c1. The second-order valence-electron chi connectivity index (χ2n) is 5.37. The number of likely N-dealkylation sites (tertiary alicyclic amines) is 1. The summed E-state index contributed by atoms with van der Waals surface area (Å²) in [6, 6.07) is 4.14. The van der Waals surface area contributed by atoms with Crippen molar-refractivity contribution in [3.63, 3.8) is 0 Å². The summed E-state index contributed by atoms with van der Waals surface area (Å²) in [5.74, 6) is 0.0819. The molecule has 1 aliphatic heterocycles. The quantitative estimate of drug-likeness (QED) is 0.917. The van der Waals surface area contributed by atoms with Gasteiger partial charge in [-0.2, -0.15) is 0 Å².